The molecule has 2 unspecified atom stereocenters. The first-order chi connectivity index (χ1) is 10.5. The molecular formula is C14H26N2O4S2. The molecule has 2 heterocycles. The van der Waals surface area contributed by atoms with Crippen LogP contribution in [0.4, 0.5) is 0 Å². The monoisotopic (exact) mass is 350 g/mol. The Morgan fingerprint density at radius 2 is 2.05 bits per heavy atom. The van der Waals surface area contributed by atoms with Crippen LogP contribution in [0.2, 0.25) is 0 Å². The van der Waals surface area contributed by atoms with Gasteiger partial charge in [-0.05, 0) is 26.2 Å². The molecular weight excluding hydrogens is 324 g/mol. The molecule has 0 radical (unpaired) electrons. The van der Waals surface area contributed by atoms with Crippen molar-refractivity contribution in [2.45, 2.75) is 44.8 Å². The first-order valence-electron chi connectivity index (χ1n) is 7.95. The lowest BCUT2D eigenvalue weighted by Crippen LogP contribution is -2.41. The van der Waals surface area contributed by atoms with Gasteiger partial charge in [-0.2, -0.15) is 11.8 Å². The molecule has 2 aliphatic rings. The Morgan fingerprint density at radius 1 is 1.32 bits per heavy atom. The number of nitrogens with one attached hydrogen (secondary N) is 1. The van der Waals surface area contributed by atoms with Crippen molar-refractivity contribution in [1.82, 2.24) is 9.62 Å². The van der Waals surface area contributed by atoms with Crippen LogP contribution in [0.1, 0.15) is 32.6 Å². The number of nitrogens with zero attached hydrogens (tertiary/aromatic N) is 1. The Labute approximate surface area is 137 Å². The Morgan fingerprint density at radius 3 is 2.68 bits per heavy atom. The third kappa shape index (κ3) is 5.72. The standard InChI is InChI=1S/C14H26N2O4S2/c1-12-2-3-13(20-12)4-5-14(17)15-6-11-22(18,19)16-7-9-21-10-8-16/h12-13H,2-11H2,1H3,(H,15,17). The number of sulfonamides is 1. The number of hydrogen-bond donors (Lipinski definition) is 1. The first kappa shape index (κ1) is 18.0. The van der Waals surface area contributed by atoms with Gasteiger partial charge in [0.1, 0.15) is 0 Å². The normalized spacial score (nSPS) is 27.0. The molecule has 0 aromatic heterocycles. The van der Waals surface area contributed by atoms with Gasteiger partial charge in [0.05, 0.1) is 18.0 Å². The van der Waals surface area contributed by atoms with E-state index in [0.717, 1.165) is 24.3 Å². The summed E-state index contributed by atoms with van der Waals surface area (Å²) in [7, 11) is -3.24. The highest BCUT2D eigenvalue weighted by atomic mass is 32.2. The van der Waals surface area contributed by atoms with Crippen LogP contribution in [0.25, 0.3) is 0 Å². The van der Waals surface area contributed by atoms with Crippen LogP contribution in [-0.2, 0) is 19.6 Å². The minimum Gasteiger partial charge on any atom is -0.375 e. The zero-order valence-electron chi connectivity index (χ0n) is 13.1. The van der Waals surface area contributed by atoms with Gasteiger partial charge in [0, 0.05) is 37.6 Å². The summed E-state index contributed by atoms with van der Waals surface area (Å²) in [4.78, 5) is 11.8. The van der Waals surface area contributed by atoms with E-state index in [0.29, 0.717) is 32.0 Å². The Bertz CT molecular complexity index is 463. The fraction of sp³-hybridized carbons (Fsp3) is 0.929. The van der Waals surface area contributed by atoms with E-state index in [4.69, 9.17) is 4.74 Å². The largest absolute Gasteiger partial charge is 0.375 e. The van der Waals surface area contributed by atoms with Crippen molar-refractivity contribution in [3.8, 4) is 0 Å². The molecule has 2 aliphatic heterocycles. The Hall–Kier alpha value is -0.310. The summed E-state index contributed by atoms with van der Waals surface area (Å²) in [6, 6.07) is 0. The summed E-state index contributed by atoms with van der Waals surface area (Å²) in [5.74, 6) is 1.60. The zero-order valence-corrected chi connectivity index (χ0v) is 14.8. The Kier molecular flexibility index (Phi) is 6.98. The van der Waals surface area contributed by atoms with E-state index >= 15 is 0 Å². The molecule has 2 rings (SSSR count). The number of carbonyl (C=O) groups excluding carboxylic acids is 1. The van der Waals surface area contributed by atoms with Gasteiger partial charge in [-0.1, -0.05) is 0 Å². The molecule has 22 heavy (non-hydrogen) atoms. The lowest BCUT2D eigenvalue weighted by molar-refractivity contribution is -0.121. The van der Waals surface area contributed by atoms with Crippen molar-refractivity contribution >= 4 is 27.7 Å². The van der Waals surface area contributed by atoms with Crippen LogP contribution >= 0.6 is 11.8 Å². The highest BCUT2D eigenvalue weighted by molar-refractivity contribution is 7.99. The second kappa shape index (κ2) is 8.52. The smallest absolute Gasteiger partial charge is 0.220 e. The molecule has 0 saturated carbocycles. The predicted octanol–water partition coefficient (Wildman–Crippen LogP) is 0.829. The van der Waals surface area contributed by atoms with Crippen LogP contribution in [0.3, 0.4) is 0 Å². The summed E-state index contributed by atoms with van der Waals surface area (Å²) in [5.41, 5.74) is 0. The number of amides is 1. The molecule has 2 fully saturated rings. The molecule has 6 nitrogen and oxygen atoms in total. The lowest BCUT2D eigenvalue weighted by atomic mass is 10.1. The van der Waals surface area contributed by atoms with Crippen LogP contribution in [-0.4, -0.2) is 67.7 Å². The van der Waals surface area contributed by atoms with Crippen LogP contribution in [0.5, 0.6) is 0 Å². The van der Waals surface area contributed by atoms with Crippen molar-refractivity contribution in [3.05, 3.63) is 0 Å². The van der Waals surface area contributed by atoms with E-state index in [2.05, 4.69) is 5.32 Å². The molecule has 2 atom stereocenters. The summed E-state index contributed by atoms with van der Waals surface area (Å²) in [5, 5.41) is 2.71. The minimum atomic E-state index is -3.24. The molecule has 0 bridgehead atoms. The average molecular weight is 351 g/mol. The van der Waals surface area contributed by atoms with Gasteiger partial charge in [0.25, 0.3) is 0 Å². The maximum atomic E-state index is 12.1. The third-order valence-electron chi connectivity index (χ3n) is 4.06. The maximum absolute atomic E-state index is 12.1. The summed E-state index contributed by atoms with van der Waals surface area (Å²) in [6.07, 6.45) is 3.65. The minimum absolute atomic E-state index is 0.0135. The Balaban J connectivity index is 1.61. The molecule has 1 amide bonds. The number of hydrogen-bond acceptors (Lipinski definition) is 5. The quantitative estimate of drug-likeness (QED) is 0.736. The molecule has 2 saturated heterocycles. The van der Waals surface area contributed by atoms with Crippen LogP contribution < -0.4 is 5.32 Å². The van der Waals surface area contributed by atoms with Crippen molar-refractivity contribution in [2.24, 2.45) is 0 Å². The number of rotatable bonds is 7. The van der Waals surface area contributed by atoms with E-state index in [1.807, 2.05) is 6.92 Å². The van der Waals surface area contributed by atoms with Crippen molar-refractivity contribution in [3.63, 3.8) is 0 Å². The van der Waals surface area contributed by atoms with E-state index < -0.39 is 10.0 Å². The van der Waals surface area contributed by atoms with Gasteiger partial charge < -0.3 is 10.1 Å². The summed E-state index contributed by atoms with van der Waals surface area (Å²) in [6.45, 7) is 3.40. The van der Waals surface area contributed by atoms with Crippen LogP contribution in [0.15, 0.2) is 0 Å². The van der Waals surface area contributed by atoms with Crippen molar-refractivity contribution < 1.29 is 17.9 Å². The number of ether oxygens (including phenoxy) is 1. The van der Waals surface area contributed by atoms with Gasteiger partial charge in [-0.25, -0.2) is 12.7 Å². The predicted molar refractivity (Wildman–Crippen MR) is 88.5 cm³/mol. The molecule has 0 aliphatic carbocycles. The van der Waals surface area contributed by atoms with E-state index in [-0.39, 0.29) is 24.3 Å². The fourth-order valence-electron chi connectivity index (χ4n) is 2.75. The molecule has 8 heteroatoms. The SMILES string of the molecule is CC1CCC(CCC(=O)NCCS(=O)(=O)N2CCSCC2)O1. The summed E-state index contributed by atoms with van der Waals surface area (Å²) < 4.78 is 31.4. The van der Waals surface area contributed by atoms with Crippen molar-refractivity contribution in [1.29, 1.82) is 0 Å². The van der Waals surface area contributed by atoms with Gasteiger partial charge in [0.15, 0.2) is 0 Å². The third-order valence-corrected chi connectivity index (χ3v) is 6.87. The van der Waals surface area contributed by atoms with Gasteiger partial charge in [-0.3, -0.25) is 4.79 Å². The van der Waals surface area contributed by atoms with Gasteiger partial charge in [-0.15, -0.1) is 0 Å². The van der Waals surface area contributed by atoms with Crippen LogP contribution in [0, 0.1) is 0 Å². The second-order valence-corrected chi connectivity index (χ2v) is 9.18. The lowest BCUT2D eigenvalue weighted by Gasteiger charge is -2.25. The molecule has 128 valence electrons. The summed E-state index contributed by atoms with van der Waals surface area (Å²) >= 11 is 1.77. The van der Waals surface area contributed by atoms with E-state index in [1.54, 1.807) is 11.8 Å². The number of thioether (sulfide) groups is 1. The van der Waals surface area contributed by atoms with Crippen molar-refractivity contribution in [2.75, 3.05) is 36.9 Å². The fourth-order valence-corrected chi connectivity index (χ4v) is 5.24. The highest BCUT2D eigenvalue weighted by Crippen LogP contribution is 2.22. The first-order valence-corrected chi connectivity index (χ1v) is 10.7. The topological polar surface area (TPSA) is 75.7 Å². The van der Waals surface area contributed by atoms with Gasteiger partial charge >= 0.3 is 0 Å². The zero-order chi connectivity index (χ0) is 16.0. The van der Waals surface area contributed by atoms with E-state index in [9.17, 15) is 13.2 Å². The molecule has 1 N–H and O–H groups in total. The maximum Gasteiger partial charge on any atom is 0.220 e. The molecule has 0 aromatic carbocycles. The second-order valence-electron chi connectivity index (χ2n) is 5.86. The number of carbonyl (C=O) groups is 1. The van der Waals surface area contributed by atoms with E-state index in [1.165, 1.54) is 4.31 Å². The highest BCUT2D eigenvalue weighted by Gasteiger charge is 2.24. The average Bonchev–Trinajstić information content (AvgIpc) is 2.91. The van der Waals surface area contributed by atoms with Gasteiger partial charge in [0.2, 0.25) is 15.9 Å². The molecule has 0 spiro atoms. The molecule has 0 aromatic rings.